The van der Waals surface area contributed by atoms with Crippen LogP contribution in [0.2, 0.25) is 5.02 Å². The lowest BCUT2D eigenvalue weighted by atomic mass is 10.2. The topological polar surface area (TPSA) is 59.3 Å². The highest BCUT2D eigenvalue weighted by atomic mass is 35.5. The summed E-state index contributed by atoms with van der Waals surface area (Å²) in [4.78, 5) is 0. The Morgan fingerprint density at radius 3 is 3.12 bits per heavy atom. The second-order valence-corrected chi connectivity index (χ2v) is 4.70. The molecule has 0 aromatic carbocycles. The van der Waals surface area contributed by atoms with Crippen LogP contribution >= 0.6 is 11.6 Å². The van der Waals surface area contributed by atoms with Gasteiger partial charge in [-0.3, -0.25) is 4.68 Å². The number of aliphatic hydroxyl groups is 1. The van der Waals surface area contributed by atoms with Gasteiger partial charge in [0.15, 0.2) is 0 Å². The largest absolute Gasteiger partial charge is 0.385 e. The van der Waals surface area contributed by atoms with E-state index in [-0.39, 0.29) is 0 Å². The number of hydrogen-bond acceptors (Lipinski definition) is 4. The van der Waals surface area contributed by atoms with Crippen LogP contribution in [-0.4, -0.2) is 41.2 Å². The van der Waals surface area contributed by atoms with Gasteiger partial charge in [0.25, 0.3) is 0 Å². The van der Waals surface area contributed by atoms with Crippen molar-refractivity contribution in [1.82, 2.24) is 15.1 Å². The van der Waals surface area contributed by atoms with Crippen molar-refractivity contribution in [2.75, 3.05) is 20.3 Å². The van der Waals surface area contributed by atoms with Crippen molar-refractivity contribution in [2.24, 2.45) is 0 Å². The lowest BCUT2D eigenvalue weighted by molar-refractivity contribution is 0.151. The molecule has 0 bridgehead atoms. The van der Waals surface area contributed by atoms with Crippen LogP contribution in [0.5, 0.6) is 0 Å². The fraction of sp³-hybridized carbons (Fsp3) is 0.727. The second-order valence-electron chi connectivity index (χ2n) is 4.29. The summed E-state index contributed by atoms with van der Waals surface area (Å²) >= 11 is 6.04. The maximum absolute atomic E-state index is 10.1. The molecule has 96 valence electrons. The summed E-state index contributed by atoms with van der Waals surface area (Å²) in [5.74, 6) is 0. The zero-order valence-electron chi connectivity index (χ0n) is 9.90. The molecule has 1 atom stereocenters. The fourth-order valence-electron chi connectivity index (χ4n) is 1.72. The maximum Gasteiger partial charge on any atom is 0.110 e. The third kappa shape index (κ3) is 3.42. The average Bonchev–Trinajstić information content (AvgIpc) is 3.07. The van der Waals surface area contributed by atoms with Gasteiger partial charge in [-0.25, -0.2) is 0 Å². The smallest absolute Gasteiger partial charge is 0.110 e. The van der Waals surface area contributed by atoms with Gasteiger partial charge in [0.2, 0.25) is 0 Å². The zero-order chi connectivity index (χ0) is 12.3. The van der Waals surface area contributed by atoms with E-state index in [2.05, 4.69) is 10.4 Å². The quantitative estimate of drug-likeness (QED) is 0.766. The lowest BCUT2D eigenvalue weighted by Crippen LogP contribution is -2.25. The highest BCUT2D eigenvalue weighted by molar-refractivity contribution is 6.31. The van der Waals surface area contributed by atoms with Gasteiger partial charge in [-0.15, -0.1) is 0 Å². The first-order chi connectivity index (χ1) is 8.22. The van der Waals surface area contributed by atoms with Crippen LogP contribution in [0.1, 0.15) is 24.6 Å². The number of ether oxygens (including phenoxy) is 1. The Balaban J connectivity index is 1.97. The van der Waals surface area contributed by atoms with Crippen molar-refractivity contribution in [2.45, 2.75) is 31.5 Å². The summed E-state index contributed by atoms with van der Waals surface area (Å²) in [6, 6.07) is 0.568. The van der Waals surface area contributed by atoms with Crippen LogP contribution in [0.3, 0.4) is 0 Å². The summed E-state index contributed by atoms with van der Waals surface area (Å²) in [5.41, 5.74) is 0.664. The molecule has 1 aliphatic carbocycles. The molecule has 2 N–H and O–H groups in total. The minimum absolute atomic E-state index is 0.506. The predicted octanol–water partition coefficient (Wildman–Crippen LogP) is 0.968. The third-order valence-corrected chi connectivity index (χ3v) is 3.12. The summed E-state index contributed by atoms with van der Waals surface area (Å²) < 4.78 is 6.70. The van der Waals surface area contributed by atoms with E-state index in [1.54, 1.807) is 18.0 Å². The molecule has 1 aromatic rings. The Kier molecular flexibility index (Phi) is 4.39. The number of methoxy groups -OCH3 is 1. The van der Waals surface area contributed by atoms with Crippen molar-refractivity contribution >= 4 is 11.6 Å². The second kappa shape index (κ2) is 5.82. The zero-order valence-corrected chi connectivity index (χ0v) is 10.7. The van der Waals surface area contributed by atoms with Crippen molar-refractivity contribution in [3.63, 3.8) is 0 Å². The number of hydrogen-bond donors (Lipinski definition) is 2. The van der Waals surface area contributed by atoms with E-state index in [0.717, 1.165) is 0 Å². The maximum atomic E-state index is 10.1. The van der Waals surface area contributed by atoms with Gasteiger partial charge in [0, 0.05) is 19.7 Å². The van der Waals surface area contributed by atoms with E-state index in [1.807, 2.05) is 0 Å². The minimum Gasteiger partial charge on any atom is -0.385 e. The van der Waals surface area contributed by atoms with Gasteiger partial charge in [-0.2, -0.15) is 5.10 Å². The molecule has 1 fully saturated rings. The molecule has 0 amide bonds. The van der Waals surface area contributed by atoms with Gasteiger partial charge in [0.1, 0.15) is 6.10 Å². The Bertz CT molecular complexity index is 366. The average molecular weight is 260 g/mol. The van der Waals surface area contributed by atoms with Crippen LogP contribution in [0, 0.1) is 0 Å². The van der Waals surface area contributed by atoms with Crippen molar-refractivity contribution in [3.05, 3.63) is 16.9 Å². The van der Waals surface area contributed by atoms with Crippen LogP contribution < -0.4 is 5.32 Å². The highest BCUT2D eigenvalue weighted by Gasteiger charge is 2.24. The van der Waals surface area contributed by atoms with Crippen LogP contribution in [0.4, 0.5) is 0 Å². The SMILES string of the molecule is COCCn1ncc(Cl)c1C(O)CNC1CC1. The molecule has 6 heteroatoms. The normalized spacial score (nSPS) is 17.4. The molecular weight excluding hydrogens is 242 g/mol. The Morgan fingerprint density at radius 2 is 2.47 bits per heavy atom. The molecule has 5 nitrogen and oxygen atoms in total. The summed E-state index contributed by atoms with van der Waals surface area (Å²) in [6.45, 7) is 1.66. The molecular formula is C11H18ClN3O2. The summed E-state index contributed by atoms with van der Waals surface area (Å²) in [6.07, 6.45) is 3.34. The number of nitrogens with zero attached hydrogens (tertiary/aromatic N) is 2. The van der Waals surface area contributed by atoms with Gasteiger partial charge in [0.05, 0.1) is 30.1 Å². The van der Waals surface area contributed by atoms with E-state index in [4.69, 9.17) is 16.3 Å². The highest BCUT2D eigenvalue weighted by Crippen LogP contribution is 2.24. The number of aliphatic hydroxyl groups excluding tert-OH is 1. The van der Waals surface area contributed by atoms with E-state index >= 15 is 0 Å². The summed E-state index contributed by atoms with van der Waals surface area (Å²) in [5, 5.41) is 18.0. The Labute approximate surface area is 106 Å². The first-order valence-electron chi connectivity index (χ1n) is 5.84. The predicted molar refractivity (Wildman–Crippen MR) is 65.1 cm³/mol. The lowest BCUT2D eigenvalue weighted by Gasteiger charge is -2.14. The van der Waals surface area contributed by atoms with E-state index < -0.39 is 6.10 Å². The van der Waals surface area contributed by atoms with Crippen molar-refractivity contribution < 1.29 is 9.84 Å². The van der Waals surface area contributed by atoms with Gasteiger partial charge in [-0.1, -0.05) is 11.6 Å². The molecule has 1 unspecified atom stereocenters. The molecule has 1 heterocycles. The van der Waals surface area contributed by atoms with Crippen LogP contribution in [-0.2, 0) is 11.3 Å². The number of rotatable bonds is 7. The molecule has 2 rings (SSSR count). The molecule has 17 heavy (non-hydrogen) atoms. The minimum atomic E-state index is -0.623. The number of halogens is 1. The third-order valence-electron chi connectivity index (χ3n) is 2.83. The molecule has 1 saturated carbocycles. The van der Waals surface area contributed by atoms with Crippen molar-refractivity contribution in [3.8, 4) is 0 Å². The fourth-order valence-corrected chi connectivity index (χ4v) is 1.99. The van der Waals surface area contributed by atoms with E-state index in [9.17, 15) is 5.11 Å². The Hall–Kier alpha value is -0.620. The molecule has 1 aromatic heterocycles. The number of aromatic nitrogens is 2. The first kappa shape index (κ1) is 12.8. The standard InChI is InChI=1S/C11H18ClN3O2/c1-17-5-4-15-11(9(12)6-14-15)10(16)7-13-8-2-3-8/h6,8,10,13,16H,2-5,7H2,1H3. The van der Waals surface area contributed by atoms with E-state index in [1.165, 1.54) is 12.8 Å². The van der Waals surface area contributed by atoms with E-state index in [0.29, 0.717) is 36.5 Å². The van der Waals surface area contributed by atoms with Crippen LogP contribution in [0.15, 0.2) is 6.20 Å². The molecule has 1 aliphatic rings. The molecule has 0 radical (unpaired) electrons. The molecule has 0 aliphatic heterocycles. The summed E-state index contributed by atoms with van der Waals surface area (Å²) in [7, 11) is 1.63. The van der Waals surface area contributed by atoms with Gasteiger partial charge < -0.3 is 15.2 Å². The van der Waals surface area contributed by atoms with Crippen molar-refractivity contribution in [1.29, 1.82) is 0 Å². The molecule has 0 spiro atoms. The number of nitrogens with one attached hydrogen (secondary N) is 1. The monoisotopic (exact) mass is 259 g/mol. The van der Waals surface area contributed by atoms with Gasteiger partial charge >= 0.3 is 0 Å². The van der Waals surface area contributed by atoms with Crippen LogP contribution in [0.25, 0.3) is 0 Å². The first-order valence-corrected chi connectivity index (χ1v) is 6.21. The molecule has 0 saturated heterocycles. The van der Waals surface area contributed by atoms with Gasteiger partial charge in [-0.05, 0) is 12.8 Å². The Morgan fingerprint density at radius 1 is 1.71 bits per heavy atom.